The van der Waals surface area contributed by atoms with Gasteiger partial charge in [0.2, 0.25) is 0 Å². The smallest absolute Gasteiger partial charge is 0.337 e. The summed E-state index contributed by atoms with van der Waals surface area (Å²) >= 11 is 0. The van der Waals surface area contributed by atoms with Gasteiger partial charge in [-0.15, -0.1) is 5.10 Å². The van der Waals surface area contributed by atoms with Crippen LogP contribution < -0.4 is 0 Å². The number of aromatic carboxylic acids is 1. The Morgan fingerprint density at radius 2 is 2.06 bits per heavy atom. The molecule has 90 valence electrons. The lowest BCUT2D eigenvalue weighted by Gasteiger charge is -2.16. The minimum absolute atomic E-state index is 0.112. The van der Waals surface area contributed by atoms with Crippen LogP contribution >= 0.6 is 0 Å². The van der Waals surface area contributed by atoms with Crippen molar-refractivity contribution in [1.29, 1.82) is 0 Å². The van der Waals surface area contributed by atoms with Gasteiger partial charge in [-0.1, -0.05) is 25.1 Å². The topological polar surface area (TPSA) is 68.0 Å². The lowest BCUT2D eigenvalue weighted by Crippen LogP contribution is -2.14. The molecule has 2 aromatic rings. The lowest BCUT2D eigenvalue weighted by molar-refractivity contribution is 0.0698. The Morgan fingerprint density at radius 1 is 1.35 bits per heavy atom. The molecule has 0 amide bonds. The molecule has 5 heteroatoms. The van der Waals surface area contributed by atoms with Crippen molar-refractivity contribution >= 4 is 17.0 Å². The van der Waals surface area contributed by atoms with Crippen LogP contribution in [0.5, 0.6) is 0 Å². The number of para-hydroxylation sites is 1. The molecule has 0 fully saturated rings. The third kappa shape index (κ3) is 1.88. The molecular formula is C12H15N3O2. The minimum Gasteiger partial charge on any atom is -0.478 e. The zero-order valence-electron chi connectivity index (χ0n) is 10.1. The van der Waals surface area contributed by atoms with Gasteiger partial charge in [-0.3, -0.25) is 0 Å². The zero-order valence-corrected chi connectivity index (χ0v) is 10.1. The Kier molecular flexibility index (Phi) is 2.83. The average molecular weight is 233 g/mol. The van der Waals surface area contributed by atoms with E-state index in [0.717, 1.165) is 0 Å². The third-order valence-corrected chi connectivity index (χ3v) is 3.07. The van der Waals surface area contributed by atoms with Gasteiger partial charge < -0.3 is 5.11 Å². The van der Waals surface area contributed by atoms with Gasteiger partial charge in [-0.25, -0.2) is 9.48 Å². The van der Waals surface area contributed by atoms with Crippen LogP contribution in [0.4, 0.5) is 0 Å². The molecule has 0 aliphatic carbocycles. The highest BCUT2D eigenvalue weighted by molar-refractivity contribution is 6.00. The van der Waals surface area contributed by atoms with Crippen LogP contribution in [0.3, 0.4) is 0 Å². The monoisotopic (exact) mass is 233 g/mol. The van der Waals surface area contributed by atoms with Gasteiger partial charge in [0, 0.05) is 0 Å². The van der Waals surface area contributed by atoms with Crippen LogP contribution in [0.25, 0.3) is 11.0 Å². The highest BCUT2D eigenvalue weighted by Crippen LogP contribution is 2.23. The number of benzene rings is 1. The van der Waals surface area contributed by atoms with Crippen molar-refractivity contribution in [3.63, 3.8) is 0 Å². The van der Waals surface area contributed by atoms with E-state index in [4.69, 9.17) is 0 Å². The summed E-state index contributed by atoms with van der Waals surface area (Å²) in [7, 11) is 0. The zero-order chi connectivity index (χ0) is 12.6. The summed E-state index contributed by atoms with van der Waals surface area (Å²) in [4.78, 5) is 11.2. The number of aromatic nitrogens is 3. The molecule has 0 aliphatic rings. The fraction of sp³-hybridized carbons (Fsp3) is 0.417. The molecule has 0 aliphatic heterocycles. The SMILES string of the molecule is CC(C)C(C)n1nnc2cccc(C(=O)O)c21. The number of rotatable bonds is 3. The number of hydrogen-bond donors (Lipinski definition) is 1. The predicted molar refractivity (Wildman–Crippen MR) is 64.0 cm³/mol. The Morgan fingerprint density at radius 3 is 2.65 bits per heavy atom. The maximum Gasteiger partial charge on any atom is 0.337 e. The standard InChI is InChI=1S/C12H15N3O2/c1-7(2)8(3)15-11-9(12(16)17)5-4-6-10(11)13-14-15/h4-8H,1-3H3,(H,16,17). The maximum absolute atomic E-state index is 11.2. The second kappa shape index (κ2) is 4.16. The highest BCUT2D eigenvalue weighted by atomic mass is 16.4. The number of carboxylic acids is 1. The van der Waals surface area contributed by atoms with Gasteiger partial charge in [0.05, 0.1) is 11.6 Å². The number of hydrogen-bond acceptors (Lipinski definition) is 3. The molecule has 0 spiro atoms. The molecule has 1 N–H and O–H groups in total. The molecule has 2 rings (SSSR count). The number of carboxylic acid groups (broad SMARTS) is 1. The van der Waals surface area contributed by atoms with E-state index >= 15 is 0 Å². The highest BCUT2D eigenvalue weighted by Gasteiger charge is 2.19. The first-order chi connectivity index (χ1) is 8.02. The molecule has 0 radical (unpaired) electrons. The van der Waals surface area contributed by atoms with E-state index < -0.39 is 5.97 Å². The molecule has 1 heterocycles. The van der Waals surface area contributed by atoms with E-state index in [1.807, 2.05) is 6.92 Å². The van der Waals surface area contributed by atoms with Gasteiger partial charge in [0.25, 0.3) is 0 Å². The van der Waals surface area contributed by atoms with E-state index in [1.165, 1.54) is 0 Å². The summed E-state index contributed by atoms with van der Waals surface area (Å²) in [5, 5.41) is 17.3. The Balaban J connectivity index is 2.69. The summed E-state index contributed by atoms with van der Waals surface area (Å²) in [6.45, 7) is 6.15. The minimum atomic E-state index is -0.949. The number of nitrogens with zero attached hydrogens (tertiary/aromatic N) is 3. The molecule has 1 aromatic carbocycles. The summed E-state index contributed by atoms with van der Waals surface area (Å²) in [6.07, 6.45) is 0. The molecule has 1 atom stereocenters. The van der Waals surface area contributed by atoms with Crippen molar-refractivity contribution in [1.82, 2.24) is 15.0 Å². The number of fused-ring (bicyclic) bond motifs is 1. The van der Waals surface area contributed by atoms with Crippen LogP contribution in [0, 0.1) is 5.92 Å². The maximum atomic E-state index is 11.2. The molecule has 1 aromatic heterocycles. The first-order valence-electron chi connectivity index (χ1n) is 5.59. The molecule has 5 nitrogen and oxygen atoms in total. The van der Waals surface area contributed by atoms with Crippen molar-refractivity contribution < 1.29 is 9.90 Å². The second-order valence-corrected chi connectivity index (χ2v) is 4.50. The first-order valence-corrected chi connectivity index (χ1v) is 5.59. The van der Waals surface area contributed by atoms with Crippen molar-refractivity contribution in [3.8, 4) is 0 Å². The van der Waals surface area contributed by atoms with Gasteiger partial charge in [0.15, 0.2) is 0 Å². The van der Waals surface area contributed by atoms with Gasteiger partial charge >= 0.3 is 5.97 Å². The first kappa shape index (κ1) is 11.6. The van der Waals surface area contributed by atoms with Crippen molar-refractivity contribution in [3.05, 3.63) is 23.8 Å². The summed E-state index contributed by atoms with van der Waals surface area (Å²) < 4.78 is 1.70. The fourth-order valence-electron chi connectivity index (χ4n) is 1.73. The van der Waals surface area contributed by atoms with E-state index in [1.54, 1.807) is 22.9 Å². The molecule has 17 heavy (non-hydrogen) atoms. The largest absolute Gasteiger partial charge is 0.478 e. The van der Waals surface area contributed by atoms with Gasteiger partial charge in [-0.2, -0.15) is 0 Å². The summed E-state index contributed by atoms with van der Waals surface area (Å²) in [5.74, 6) is -0.586. The van der Waals surface area contributed by atoms with Crippen LogP contribution in [0.2, 0.25) is 0 Å². The van der Waals surface area contributed by atoms with E-state index in [9.17, 15) is 9.90 Å². The Bertz CT molecular complexity index is 560. The molecule has 0 saturated heterocycles. The van der Waals surface area contributed by atoms with Crippen molar-refractivity contribution in [2.24, 2.45) is 5.92 Å². The third-order valence-electron chi connectivity index (χ3n) is 3.07. The quantitative estimate of drug-likeness (QED) is 0.883. The Hall–Kier alpha value is -1.91. The summed E-state index contributed by atoms with van der Waals surface area (Å²) in [5.41, 5.74) is 1.47. The van der Waals surface area contributed by atoms with Crippen LogP contribution in [-0.4, -0.2) is 26.1 Å². The lowest BCUT2D eigenvalue weighted by atomic mass is 10.1. The fourth-order valence-corrected chi connectivity index (χ4v) is 1.73. The van der Waals surface area contributed by atoms with E-state index in [0.29, 0.717) is 17.0 Å². The normalized spacial score (nSPS) is 13.2. The second-order valence-electron chi connectivity index (χ2n) is 4.50. The average Bonchev–Trinajstić information content (AvgIpc) is 2.70. The summed E-state index contributed by atoms with van der Waals surface area (Å²) in [6, 6.07) is 5.15. The van der Waals surface area contributed by atoms with Crippen LogP contribution in [0.15, 0.2) is 18.2 Å². The molecular weight excluding hydrogens is 218 g/mol. The van der Waals surface area contributed by atoms with E-state index in [-0.39, 0.29) is 11.6 Å². The van der Waals surface area contributed by atoms with Gasteiger partial charge in [-0.05, 0) is 25.0 Å². The van der Waals surface area contributed by atoms with Crippen LogP contribution in [0.1, 0.15) is 37.2 Å². The van der Waals surface area contributed by atoms with Crippen LogP contribution in [-0.2, 0) is 0 Å². The molecule has 1 unspecified atom stereocenters. The Labute approximate surface area is 99.1 Å². The van der Waals surface area contributed by atoms with Gasteiger partial charge in [0.1, 0.15) is 11.0 Å². The molecule has 0 bridgehead atoms. The number of carbonyl (C=O) groups is 1. The van der Waals surface area contributed by atoms with Crippen molar-refractivity contribution in [2.75, 3.05) is 0 Å². The molecule has 0 saturated carbocycles. The van der Waals surface area contributed by atoms with Crippen molar-refractivity contribution in [2.45, 2.75) is 26.8 Å². The predicted octanol–water partition coefficient (Wildman–Crippen LogP) is 2.35. The van der Waals surface area contributed by atoms with E-state index in [2.05, 4.69) is 24.2 Å².